The molecule has 0 aromatic carbocycles. The van der Waals surface area contributed by atoms with Crippen molar-refractivity contribution in [2.24, 2.45) is 10.8 Å². The Labute approximate surface area is 142 Å². The molecule has 132 valence electrons. The van der Waals surface area contributed by atoms with Gasteiger partial charge in [-0.05, 0) is 88.8 Å². The van der Waals surface area contributed by atoms with E-state index in [1.165, 1.54) is 90.5 Å². The summed E-state index contributed by atoms with van der Waals surface area (Å²) in [5, 5.41) is 0. The topological polar surface area (TPSA) is 15.7 Å². The zero-order valence-corrected chi connectivity index (χ0v) is 15.4. The summed E-state index contributed by atoms with van der Waals surface area (Å²) in [5.74, 6) is 0. The maximum Gasteiger partial charge on any atom is 0.0636 e. The Kier molecular flexibility index (Phi) is 4.49. The largest absolute Gasteiger partial charge is 0.374 e. The van der Waals surface area contributed by atoms with Gasteiger partial charge in [0, 0.05) is 19.6 Å². The molecule has 4 fully saturated rings. The van der Waals surface area contributed by atoms with E-state index in [0.717, 1.165) is 0 Å². The number of piperidine rings is 2. The van der Waals surface area contributed by atoms with Crippen molar-refractivity contribution in [2.75, 3.05) is 39.8 Å². The number of hydrogen-bond donors (Lipinski definition) is 0. The fourth-order valence-electron chi connectivity index (χ4n) is 5.23. The minimum Gasteiger partial charge on any atom is -0.374 e. The summed E-state index contributed by atoms with van der Waals surface area (Å²) in [5.41, 5.74) is 1.27. The van der Waals surface area contributed by atoms with Crippen LogP contribution in [0.1, 0.15) is 64.7 Å². The summed E-state index contributed by atoms with van der Waals surface area (Å²) < 4.78 is 6.63. The van der Waals surface area contributed by atoms with Crippen molar-refractivity contribution in [1.29, 1.82) is 0 Å². The molecule has 2 aliphatic heterocycles. The number of ether oxygens (including phenoxy) is 1. The minimum atomic E-state index is 0.546. The van der Waals surface area contributed by atoms with Gasteiger partial charge in [-0.1, -0.05) is 6.92 Å². The van der Waals surface area contributed by atoms with Crippen LogP contribution in [0.25, 0.3) is 0 Å². The van der Waals surface area contributed by atoms with Crippen molar-refractivity contribution in [2.45, 2.75) is 76.9 Å². The summed E-state index contributed by atoms with van der Waals surface area (Å²) in [6.45, 7) is 8.83. The van der Waals surface area contributed by atoms with Crippen molar-refractivity contribution in [3.8, 4) is 0 Å². The number of rotatable bonds is 5. The van der Waals surface area contributed by atoms with Gasteiger partial charge in [-0.3, -0.25) is 0 Å². The highest BCUT2D eigenvalue weighted by Gasteiger charge is 2.49. The number of hydrogen-bond acceptors (Lipinski definition) is 3. The highest BCUT2D eigenvalue weighted by Crippen LogP contribution is 2.52. The average molecular weight is 321 g/mol. The van der Waals surface area contributed by atoms with Crippen LogP contribution in [0.2, 0.25) is 0 Å². The van der Waals surface area contributed by atoms with E-state index >= 15 is 0 Å². The Bertz CT molecular complexity index is 404. The molecule has 2 saturated carbocycles. The van der Waals surface area contributed by atoms with E-state index < -0.39 is 0 Å². The van der Waals surface area contributed by atoms with Gasteiger partial charge in [0.2, 0.25) is 0 Å². The molecule has 0 aromatic heterocycles. The Morgan fingerprint density at radius 1 is 0.913 bits per heavy atom. The van der Waals surface area contributed by atoms with Gasteiger partial charge in [0.05, 0.1) is 12.2 Å². The van der Waals surface area contributed by atoms with Crippen LogP contribution in [0.3, 0.4) is 0 Å². The third-order valence-electron chi connectivity index (χ3n) is 7.73. The molecule has 4 rings (SSSR count). The summed E-state index contributed by atoms with van der Waals surface area (Å²) in [6.07, 6.45) is 13.5. The van der Waals surface area contributed by atoms with Crippen LogP contribution in [-0.2, 0) is 4.74 Å². The lowest BCUT2D eigenvalue weighted by Crippen LogP contribution is -2.54. The predicted molar refractivity (Wildman–Crippen MR) is 94.7 cm³/mol. The van der Waals surface area contributed by atoms with E-state index in [1.54, 1.807) is 0 Å². The highest BCUT2D eigenvalue weighted by molar-refractivity contribution is 5.00. The van der Waals surface area contributed by atoms with Crippen molar-refractivity contribution in [3.63, 3.8) is 0 Å². The molecule has 1 spiro atoms. The van der Waals surface area contributed by atoms with Gasteiger partial charge >= 0.3 is 0 Å². The molecule has 4 aliphatic rings. The smallest absolute Gasteiger partial charge is 0.0636 e. The first-order valence-corrected chi connectivity index (χ1v) is 10.2. The van der Waals surface area contributed by atoms with Crippen LogP contribution in [0.4, 0.5) is 0 Å². The van der Waals surface area contributed by atoms with Crippen LogP contribution >= 0.6 is 0 Å². The molecule has 3 heteroatoms. The second kappa shape index (κ2) is 6.31. The Morgan fingerprint density at radius 2 is 1.61 bits per heavy atom. The quantitative estimate of drug-likeness (QED) is 0.771. The van der Waals surface area contributed by atoms with Gasteiger partial charge in [-0.25, -0.2) is 0 Å². The standard InChI is InChI=1S/C20H36N2O/c1-3-19(8-9-19)16-22-12-5-17(6-13-22)23-18-4-7-20(18)10-14-21(2)15-11-20/h17-18H,3-16H2,1-2H3. The molecule has 0 aromatic rings. The van der Waals surface area contributed by atoms with Crippen molar-refractivity contribution in [1.82, 2.24) is 9.80 Å². The Morgan fingerprint density at radius 3 is 2.13 bits per heavy atom. The zero-order chi connectivity index (χ0) is 15.9. The Balaban J connectivity index is 1.22. The first kappa shape index (κ1) is 16.4. The van der Waals surface area contributed by atoms with Crippen molar-refractivity contribution in [3.05, 3.63) is 0 Å². The Hall–Kier alpha value is -0.120. The number of likely N-dealkylation sites (tertiary alicyclic amines) is 2. The summed E-state index contributed by atoms with van der Waals surface area (Å²) in [6, 6.07) is 0. The molecule has 1 atom stereocenters. The number of nitrogens with zero attached hydrogens (tertiary/aromatic N) is 2. The van der Waals surface area contributed by atoms with Crippen LogP contribution in [0.5, 0.6) is 0 Å². The average Bonchev–Trinajstić information content (AvgIpc) is 3.34. The molecule has 1 unspecified atom stereocenters. The SMILES string of the molecule is CCC1(CN2CCC(OC3CCC34CCN(C)CC4)CC2)CC1. The maximum absolute atomic E-state index is 6.63. The van der Waals surface area contributed by atoms with Gasteiger partial charge in [0.1, 0.15) is 0 Å². The van der Waals surface area contributed by atoms with Crippen LogP contribution in [-0.4, -0.2) is 61.8 Å². The summed E-state index contributed by atoms with van der Waals surface area (Å²) in [7, 11) is 2.26. The normalized spacial score (nSPS) is 34.4. The van der Waals surface area contributed by atoms with Crippen LogP contribution in [0, 0.1) is 10.8 Å². The molecule has 3 nitrogen and oxygen atoms in total. The first-order valence-electron chi connectivity index (χ1n) is 10.2. The lowest BCUT2D eigenvalue weighted by Gasteiger charge is -2.54. The molecule has 2 aliphatic carbocycles. The molecule has 2 heterocycles. The fourth-order valence-corrected chi connectivity index (χ4v) is 5.23. The van der Waals surface area contributed by atoms with Crippen LogP contribution in [0.15, 0.2) is 0 Å². The third kappa shape index (κ3) is 3.34. The second-order valence-corrected chi connectivity index (χ2v) is 9.16. The molecule has 0 bridgehead atoms. The molecule has 0 amide bonds. The van der Waals surface area contributed by atoms with E-state index in [0.29, 0.717) is 23.0 Å². The molecular formula is C20H36N2O. The van der Waals surface area contributed by atoms with Gasteiger partial charge < -0.3 is 14.5 Å². The van der Waals surface area contributed by atoms with E-state index in [4.69, 9.17) is 4.74 Å². The van der Waals surface area contributed by atoms with E-state index in [2.05, 4.69) is 23.8 Å². The van der Waals surface area contributed by atoms with Gasteiger partial charge in [0.25, 0.3) is 0 Å². The third-order valence-corrected chi connectivity index (χ3v) is 7.73. The summed E-state index contributed by atoms with van der Waals surface area (Å²) >= 11 is 0. The van der Waals surface area contributed by atoms with Gasteiger partial charge in [-0.2, -0.15) is 0 Å². The fraction of sp³-hybridized carbons (Fsp3) is 1.00. The molecular weight excluding hydrogens is 284 g/mol. The van der Waals surface area contributed by atoms with Gasteiger partial charge in [0.15, 0.2) is 0 Å². The molecule has 0 N–H and O–H groups in total. The molecule has 2 saturated heterocycles. The zero-order valence-electron chi connectivity index (χ0n) is 15.4. The van der Waals surface area contributed by atoms with Gasteiger partial charge in [-0.15, -0.1) is 0 Å². The van der Waals surface area contributed by atoms with E-state index in [-0.39, 0.29) is 0 Å². The predicted octanol–water partition coefficient (Wildman–Crippen LogP) is 3.53. The second-order valence-electron chi connectivity index (χ2n) is 9.16. The highest BCUT2D eigenvalue weighted by atomic mass is 16.5. The lowest BCUT2D eigenvalue weighted by atomic mass is 9.60. The van der Waals surface area contributed by atoms with Crippen molar-refractivity contribution >= 4 is 0 Å². The maximum atomic E-state index is 6.63. The van der Waals surface area contributed by atoms with Crippen molar-refractivity contribution < 1.29 is 4.74 Å². The first-order chi connectivity index (χ1) is 11.1. The minimum absolute atomic E-state index is 0.546. The van der Waals surface area contributed by atoms with E-state index in [9.17, 15) is 0 Å². The monoisotopic (exact) mass is 320 g/mol. The van der Waals surface area contributed by atoms with E-state index in [1.807, 2.05) is 0 Å². The lowest BCUT2D eigenvalue weighted by molar-refractivity contribution is -0.169. The van der Waals surface area contributed by atoms with Crippen LogP contribution < -0.4 is 0 Å². The summed E-state index contributed by atoms with van der Waals surface area (Å²) in [4.78, 5) is 5.21. The molecule has 23 heavy (non-hydrogen) atoms. The molecule has 0 radical (unpaired) electrons.